The molecular weight excluding hydrogens is 219 g/mol. The SMILES string of the molecule is CC(CCC(=O)O)c1cc(F)ccc1Cl. The molecule has 0 aliphatic heterocycles. The molecule has 1 aromatic carbocycles. The number of carboxylic acid groups (broad SMARTS) is 1. The van der Waals surface area contributed by atoms with Crippen LogP contribution in [0, 0.1) is 5.82 Å². The minimum atomic E-state index is -0.852. The number of hydrogen-bond donors (Lipinski definition) is 1. The molecular formula is C11H12ClFO2. The van der Waals surface area contributed by atoms with Crippen molar-refractivity contribution >= 4 is 17.6 Å². The van der Waals surface area contributed by atoms with Gasteiger partial charge in [-0.2, -0.15) is 0 Å². The van der Waals surface area contributed by atoms with Crippen LogP contribution in [0.5, 0.6) is 0 Å². The van der Waals surface area contributed by atoms with Crippen LogP contribution in [0.15, 0.2) is 18.2 Å². The molecule has 0 spiro atoms. The normalized spacial score (nSPS) is 12.5. The van der Waals surface area contributed by atoms with E-state index in [0.717, 1.165) is 0 Å². The fraction of sp³-hybridized carbons (Fsp3) is 0.364. The van der Waals surface area contributed by atoms with Gasteiger partial charge in [0.15, 0.2) is 0 Å². The molecule has 0 aliphatic rings. The van der Waals surface area contributed by atoms with Crippen LogP contribution < -0.4 is 0 Å². The van der Waals surface area contributed by atoms with Crippen molar-refractivity contribution in [3.63, 3.8) is 0 Å². The molecule has 0 heterocycles. The maximum absolute atomic E-state index is 12.9. The number of hydrogen-bond acceptors (Lipinski definition) is 1. The fourth-order valence-corrected chi connectivity index (χ4v) is 1.69. The molecule has 0 radical (unpaired) electrons. The largest absolute Gasteiger partial charge is 0.481 e. The van der Waals surface area contributed by atoms with Crippen LogP contribution in [0.3, 0.4) is 0 Å². The van der Waals surface area contributed by atoms with Crippen LogP contribution in [0.2, 0.25) is 5.02 Å². The second kappa shape index (κ2) is 5.12. The second-order valence-electron chi connectivity index (χ2n) is 3.50. The van der Waals surface area contributed by atoms with Crippen molar-refractivity contribution in [2.75, 3.05) is 0 Å². The molecule has 0 fully saturated rings. The third-order valence-electron chi connectivity index (χ3n) is 2.28. The molecule has 15 heavy (non-hydrogen) atoms. The number of rotatable bonds is 4. The Morgan fingerprint density at radius 3 is 2.87 bits per heavy atom. The van der Waals surface area contributed by atoms with Crippen molar-refractivity contribution in [3.05, 3.63) is 34.6 Å². The second-order valence-corrected chi connectivity index (χ2v) is 3.91. The van der Waals surface area contributed by atoms with E-state index in [1.54, 1.807) is 0 Å². The maximum atomic E-state index is 12.9. The molecule has 2 nitrogen and oxygen atoms in total. The Hall–Kier alpha value is -1.09. The highest BCUT2D eigenvalue weighted by atomic mass is 35.5. The molecule has 0 saturated heterocycles. The average molecular weight is 231 g/mol. The minimum Gasteiger partial charge on any atom is -0.481 e. The Labute approximate surface area is 92.7 Å². The predicted molar refractivity (Wildman–Crippen MR) is 56.7 cm³/mol. The van der Waals surface area contributed by atoms with E-state index in [4.69, 9.17) is 16.7 Å². The molecule has 0 aliphatic carbocycles. The summed E-state index contributed by atoms with van der Waals surface area (Å²) in [6.45, 7) is 1.84. The lowest BCUT2D eigenvalue weighted by atomic mass is 9.96. The Kier molecular flexibility index (Phi) is 4.09. The molecule has 1 unspecified atom stereocenters. The van der Waals surface area contributed by atoms with E-state index >= 15 is 0 Å². The molecule has 0 amide bonds. The van der Waals surface area contributed by atoms with Crippen molar-refractivity contribution in [1.29, 1.82) is 0 Å². The minimum absolute atomic E-state index is 0.0516. The van der Waals surface area contributed by atoms with Gasteiger partial charge in [-0.25, -0.2) is 4.39 Å². The van der Waals surface area contributed by atoms with E-state index in [9.17, 15) is 9.18 Å². The monoisotopic (exact) mass is 230 g/mol. The van der Waals surface area contributed by atoms with Gasteiger partial charge >= 0.3 is 5.97 Å². The van der Waals surface area contributed by atoms with E-state index in [1.807, 2.05) is 6.92 Å². The quantitative estimate of drug-likeness (QED) is 0.860. The number of halogens is 2. The van der Waals surface area contributed by atoms with Crippen LogP contribution in [-0.4, -0.2) is 11.1 Å². The van der Waals surface area contributed by atoms with Crippen molar-refractivity contribution in [2.45, 2.75) is 25.7 Å². The van der Waals surface area contributed by atoms with Crippen LogP contribution in [0.4, 0.5) is 4.39 Å². The molecule has 1 N–H and O–H groups in total. The zero-order valence-corrected chi connectivity index (χ0v) is 9.09. The lowest BCUT2D eigenvalue weighted by molar-refractivity contribution is -0.137. The third kappa shape index (κ3) is 3.51. The fourth-order valence-electron chi connectivity index (χ4n) is 1.39. The van der Waals surface area contributed by atoms with Gasteiger partial charge in [-0.05, 0) is 36.1 Å². The van der Waals surface area contributed by atoms with Gasteiger partial charge in [0.2, 0.25) is 0 Å². The summed E-state index contributed by atoms with van der Waals surface area (Å²) in [6, 6.07) is 4.13. The zero-order valence-electron chi connectivity index (χ0n) is 8.34. The first-order chi connectivity index (χ1) is 7.00. The van der Waals surface area contributed by atoms with E-state index in [0.29, 0.717) is 17.0 Å². The van der Waals surface area contributed by atoms with Crippen LogP contribution in [-0.2, 0) is 4.79 Å². The van der Waals surface area contributed by atoms with Crippen molar-refractivity contribution in [2.24, 2.45) is 0 Å². The standard InChI is InChI=1S/C11H12ClFO2/c1-7(2-5-11(14)15)9-6-8(13)3-4-10(9)12/h3-4,6-7H,2,5H2,1H3,(H,14,15). The molecule has 0 bridgehead atoms. The van der Waals surface area contributed by atoms with Gasteiger partial charge in [-0.1, -0.05) is 18.5 Å². The molecule has 0 saturated carbocycles. The van der Waals surface area contributed by atoms with Crippen molar-refractivity contribution < 1.29 is 14.3 Å². The highest BCUT2D eigenvalue weighted by Crippen LogP contribution is 2.28. The van der Waals surface area contributed by atoms with Gasteiger partial charge < -0.3 is 5.11 Å². The summed E-state index contributed by atoms with van der Waals surface area (Å²) in [6.07, 6.45) is 0.520. The molecule has 1 aromatic rings. The summed E-state index contributed by atoms with van der Waals surface area (Å²) < 4.78 is 12.9. The Bertz CT molecular complexity index is 366. The average Bonchev–Trinajstić information content (AvgIpc) is 2.18. The first-order valence-corrected chi connectivity index (χ1v) is 5.05. The van der Waals surface area contributed by atoms with Crippen molar-refractivity contribution in [3.8, 4) is 0 Å². The number of aliphatic carboxylic acids is 1. The van der Waals surface area contributed by atoms with E-state index in [-0.39, 0.29) is 18.2 Å². The third-order valence-corrected chi connectivity index (χ3v) is 2.62. The molecule has 4 heteroatoms. The summed E-state index contributed by atoms with van der Waals surface area (Å²) in [5, 5.41) is 9.01. The van der Waals surface area contributed by atoms with Gasteiger partial charge in [-0.3, -0.25) is 4.79 Å². The Morgan fingerprint density at radius 2 is 2.27 bits per heavy atom. The Morgan fingerprint density at radius 1 is 1.60 bits per heavy atom. The zero-order chi connectivity index (χ0) is 11.4. The summed E-state index contributed by atoms with van der Waals surface area (Å²) >= 11 is 5.89. The van der Waals surface area contributed by atoms with Crippen molar-refractivity contribution in [1.82, 2.24) is 0 Å². The lowest BCUT2D eigenvalue weighted by Crippen LogP contribution is -2.01. The van der Waals surface area contributed by atoms with Gasteiger partial charge in [0.05, 0.1) is 0 Å². The molecule has 0 aromatic heterocycles. The molecule has 82 valence electrons. The number of carboxylic acids is 1. The summed E-state index contributed by atoms with van der Waals surface area (Å²) in [4.78, 5) is 10.4. The van der Waals surface area contributed by atoms with Gasteiger partial charge in [-0.15, -0.1) is 0 Å². The summed E-state index contributed by atoms with van der Waals surface area (Å²) in [5.74, 6) is -1.25. The number of benzene rings is 1. The van der Waals surface area contributed by atoms with Crippen LogP contribution >= 0.6 is 11.6 Å². The maximum Gasteiger partial charge on any atom is 0.303 e. The van der Waals surface area contributed by atoms with E-state index in [1.165, 1.54) is 18.2 Å². The van der Waals surface area contributed by atoms with Gasteiger partial charge in [0.25, 0.3) is 0 Å². The highest BCUT2D eigenvalue weighted by molar-refractivity contribution is 6.31. The molecule has 1 atom stereocenters. The lowest BCUT2D eigenvalue weighted by Gasteiger charge is -2.12. The van der Waals surface area contributed by atoms with Gasteiger partial charge in [0, 0.05) is 11.4 Å². The van der Waals surface area contributed by atoms with E-state index < -0.39 is 5.97 Å². The first-order valence-electron chi connectivity index (χ1n) is 4.67. The summed E-state index contributed by atoms with van der Waals surface area (Å²) in [5.41, 5.74) is 0.665. The van der Waals surface area contributed by atoms with Crippen LogP contribution in [0.25, 0.3) is 0 Å². The van der Waals surface area contributed by atoms with E-state index in [2.05, 4.69) is 0 Å². The topological polar surface area (TPSA) is 37.3 Å². The highest BCUT2D eigenvalue weighted by Gasteiger charge is 2.12. The predicted octanol–water partition coefficient (Wildman–Crippen LogP) is 3.45. The summed E-state index contributed by atoms with van der Waals surface area (Å²) in [7, 11) is 0. The van der Waals surface area contributed by atoms with Crippen LogP contribution in [0.1, 0.15) is 31.2 Å². The Balaban J connectivity index is 2.76. The number of carbonyl (C=O) groups is 1. The molecule has 1 rings (SSSR count). The first kappa shape index (κ1) is 12.0. The van der Waals surface area contributed by atoms with Gasteiger partial charge in [0.1, 0.15) is 5.82 Å². The smallest absolute Gasteiger partial charge is 0.303 e.